The smallest absolute Gasteiger partial charge is 0.243 e. The third-order valence-corrected chi connectivity index (χ3v) is 2.54. The SMILES string of the molecule is CCCC(N)c1nc(-c2ccc(Cl)cn2)no1. The van der Waals surface area contributed by atoms with Crippen LogP contribution in [0.5, 0.6) is 0 Å². The average molecular weight is 253 g/mol. The molecule has 1 unspecified atom stereocenters. The predicted octanol–water partition coefficient (Wildman–Crippen LogP) is 2.58. The predicted molar refractivity (Wildman–Crippen MR) is 64.4 cm³/mol. The first-order valence-electron chi connectivity index (χ1n) is 5.42. The Morgan fingerprint density at radius 2 is 2.29 bits per heavy atom. The Balaban J connectivity index is 2.20. The normalized spacial score (nSPS) is 12.6. The van der Waals surface area contributed by atoms with Crippen LogP contribution in [0.15, 0.2) is 22.9 Å². The molecule has 0 aliphatic carbocycles. The molecule has 0 aromatic carbocycles. The summed E-state index contributed by atoms with van der Waals surface area (Å²) in [4.78, 5) is 8.33. The lowest BCUT2D eigenvalue weighted by Crippen LogP contribution is -2.09. The first kappa shape index (κ1) is 12.0. The van der Waals surface area contributed by atoms with Crippen LogP contribution in [-0.4, -0.2) is 15.1 Å². The lowest BCUT2D eigenvalue weighted by molar-refractivity contribution is 0.348. The highest BCUT2D eigenvalue weighted by Gasteiger charge is 2.15. The molecular weight excluding hydrogens is 240 g/mol. The van der Waals surface area contributed by atoms with Crippen molar-refractivity contribution >= 4 is 11.6 Å². The van der Waals surface area contributed by atoms with Gasteiger partial charge in [-0.1, -0.05) is 30.1 Å². The van der Waals surface area contributed by atoms with Crippen LogP contribution in [-0.2, 0) is 0 Å². The van der Waals surface area contributed by atoms with Crippen LogP contribution in [0.4, 0.5) is 0 Å². The third kappa shape index (κ3) is 2.81. The van der Waals surface area contributed by atoms with Gasteiger partial charge < -0.3 is 10.3 Å². The van der Waals surface area contributed by atoms with E-state index >= 15 is 0 Å². The molecule has 2 heterocycles. The summed E-state index contributed by atoms with van der Waals surface area (Å²) in [7, 11) is 0. The molecule has 6 heteroatoms. The molecule has 0 saturated carbocycles. The molecule has 0 saturated heterocycles. The summed E-state index contributed by atoms with van der Waals surface area (Å²) in [5.41, 5.74) is 6.50. The molecule has 0 fully saturated rings. The molecule has 0 bridgehead atoms. The van der Waals surface area contributed by atoms with Gasteiger partial charge in [-0.25, -0.2) is 0 Å². The summed E-state index contributed by atoms with van der Waals surface area (Å²) in [6.07, 6.45) is 3.33. The largest absolute Gasteiger partial charge is 0.337 e. The van der Waals surface area contributed by atoms with Gasteiger partial charge >= 0.3 is 0 Å². The van der Waals surface area contributed by atoms with Crippen molar-refractivity contribution in [1.29, 1.82) is 0 Å². The molecule has 2 aromatic rings. The maximum absolute atomic E-state index is 5.88. The molecule has 17 heavy (non-hydrogen) atoms. The zero-order valence-corrected chi connectivity index (χ0v) is 10.2. The fourth-order valence-electron chi connectivity index (χ4n) is 1.43. The van der Waals surface area contributed by atoms with Crippen molar-refractivity contribution in [1.82, 2.24) is 15.1 Å². The van der Waals surface area contributed by atoms with E-state index in [0.717, 1.165) is 12.8 Å². The number of nitrogens with two attached hydrogens (primary N) is 1. The van der Waals surface area contributed by atoms with E-state index in [4.69, 9.17) is 21.9 Å². The Bertz CT molecular complexity index is 482. The highest BCUT2D eigenvalue weighted by Crippen LogP contribution is 2.19. The fraction of sp³-hybridized carbons (Fsp3) is 0.364. The monoisotopic (exact) mass is 252 g/mol. The standard InChI is InChI=1S/C11H13ClN4O/c1-2-3-8(13)11-15-10(16-17-11)9-5-4-7(12)6-14-9/h4-6,8H,2-3,13H2,1H3. The van der Waals surface area contributed by atoms with Crippen LogP contribution >= 0.6 is 11.6 Å². The Labute approximate surface area is 104 Å². The summed E-state index contributed by atoms with van der Waals surface area (Å²) < 4.78 is 5.10. The molecule has 0 aliphatic rings. The van der Waals surface area contributed by atoms with Crippen LogP contribution in [0.2, 0.25) is 5.02 Å². The van der Waals surface area contributed by atoms with E-state index in [1.165, 1.54) is 0 Å². The second kappa shape index (κ2) is 5.25. The lowest BCUT2D eigenvalue weighted by Gasteiger charge is -2.02. The van der Waals surface area contributed by atoms with Crippen molar-refractivity contribution in [3.63, 3.8) is 0 Å². The number of hydrogen-bond acceptors (Lipinski definition) is 5. The zero-order chi connectivity index (χ0) is 12.3. The topological polar surface area (TPSA) is 77.8 Å². The van der Waals surface area contributed by atoms with E-state index < -0.39 is 0 Å². The third-order valence-electron chi connectivity index (χ3n) is 2.32. The van der Waals surface area contributed by atoms with E-state index in [9.17, 15) is 0 Å². The molecule has 2 rings (SSSR count). The quantitative estimate of drug-likeness (QED) is 0.905. The first-order chi connectivity index (χ1) is 8.20. The number of pyridine rings is 1. The van der Waals surface area contributed by atoms with Gasteiger partial charge in [0.05, 0.1) is 11.1 Å². The molecule has 2 N–H and O–H groups in total. The highest BCUT2D eigenvalue weighted by atomic mass is 35.5. The molecule has 0 aliphatic heterocycles. The Morgan fingerprint density at radius 3 is 2.94 bits per heavy atom. The molecule has 2 aromatic heterocycles. The molecule has 5 nitrogen and oxygen atoms in total. The number of hydrogen-bond donors (Lipinski definition) is 1. The second-order valence-electron chi connectivity index (χ2n) is 3.71. The van der Waals surface area contributed by atoms with Crippen molar-refractivity contribution in [2.45, 2.75) is 25.8 Å². The van der Waals surface area contributed by atoms with E-state index in [1.54, 1.807) is 18.3 Å². The number of halogens is 1. The van der Waals surface area contributed by atoms with Gasteiger partial charge in [0.15, 0.2) is 0 Å². The number of aromatic nitrogens is 3. The van der Waals surface area contributed by atoms with Crippen LogP contribution in [0.1, 0.15) is 31.7 Å². The first-order valence-corrected chi connectivity index (χ1v) is 5.79. The lowest BCUT2D eigenvalue weighted by atomic mass is 10.2. The molecule has 0 amide bonds. The number of nitrogens with zero attached hydrogens (tertiary/aromatic N) is 3. The Hall–Kier alpha value is -1.46. The average Bonchev–Trinajstić information content (AvgIpc) is 2.80. The summed E-state index contributed by atoms with van der Waals surface area (Å²) >= 11 is 5.75. The minimum Gasteiger partial charge on any atom is -0.337 e. The van der Waals surface area contributed by atoms with Crippen LogP contribution in [0, 0.1) is 0 Å². The Morgan fingerprint density at radius 1 is 1.47 bits per heavy atom. The van der Waals surface area contributed by atoms with Gasteiger partial charge in [-0.15, -0.1) is 0 Å². The van der Waals surface area contributed by atoms with Crippen LogP contribution in [0.25, 0.3) is 11.5 Å². The van der Waals surface area contributed by atoms with E-state index in [2.05, 4.69) is 22.0 Å². The van der Waals surface area contributed by atoms with Crippen LogP contribution in [0.3, 0.4) is 0 Å². The maximum Gasteiger partial charge on any atom is 0.243 e. The van der Waals surface area contributed by atoms with Gasteiger partial charge in [0.25, 0.3) is 0 Å². The minimum atomic E-state index is -0.214. The van der Waals surface area contributed by atoms with E-state index in [1.807, 2.05) is 0 Å². The zero-order valence-electron chi connectivity index (χ0n) is 9.43. The minimum absolute atomic E-state index is 0.214. The maximum atomic E-state index is 5.88. The van der Waals surface area contributed by atoms with Gasteiger partial charge in [0.2, 0.25) is 11.7 Å². The summed E-state index contributed by atoms with van der Waals surface area (Å²) in [6, 6.07) is 3.25. The number of rotatable bonds is 4. The van der Waals surface area contributed by atoms with E-state index in [-0.39, 0.29) is 6.04 Å². The van der Waals surface area contributed by atoms with Crippen LogP contribution < -0.4 is 5.73 Å². The molecule has 1 atom stereocenters. The van der Waals surface area contributed by atoms with Crippen molar-refractivity contribution in [3.05, 3.63) is 29.2 Å². The molecule has 0 spiro atoms. The van der Waals surface area contributed by atoms with Crippen molar-refractivity contribution in [2.75, 3.05) is 0 Å². The fourth-order valence-corrected chi connectivity index (χ4v) is 1.54. The Kier molecular flexibility index (Phi) is 3.71. The van der Waals surface area contributed by atoms with Gasteiger partial charge in [-0.3, -0.25) is 4.98 Å². The summed E-state index contributed by atoms with van der Waals surface area (Å²) in [5.74, 6) is 0.877. The second-order valence-corrected chi connectivity index (χ2v) is 4.15. The summed E-state index contributed by atoms with van der Waals surface area (Å²) in [5, 5.41) is 4.42. The van der Waals surface area contributed by atoms with Crippen molar-refractivity contribution in [3.8, 4) is 11.5 Å². The summed E-state index contributed by atoms with van der Waals surface area (Å²) in [6.45, 7) is 2.05. The molecule has 90 valence electrons. The molecular formula is C11H13ClN4O. The van der Waals surface area contributed by atoms with Gasteiger partial charge in [-0.05, 0) is 18.6 Å². The van der Waals surface area contributed by atoms with Gasteiger partial charge in [0.1, 0.15) is 5.69 Å². The van der Waals surface area contributed by atoms with Crippen molar-refractivity contribution in [2.24, 2.45) is 5.73 Å². The highest BCUT2D eigenvalue weighted by molar-refractivity contribution is 6.30. The molecule has 0 radical (unpaired) electrons. The van der Waals surface area contributed by atoms with E-state index in [0.29, 0.717) is 22.4 Å². The van der Waals surface area contributed by atoms with Crippen molar-refractivity contribution < 1.29 is 4.52 Å². The van der Waals surface area contributed by atoms with Gasteiger partial charge in [-0.2, -0.15) is 4.98 Å². The van der Waals surface area contributed by atoms with Gasteiger partial charge in [0, 0.05) is 6.20 Å².